The molecule has 1 fully saturated rings. The molecule has 0 radical (unpaired) electrons. The summed E-state index contributed by atoms with van der Waals surface area (Å²) in [4.78, 5) is 36.2. The van der Waals surface area contributed by atoms with Crippen LogP contribution < -0.4 is 10.2 Å². The minimum Gasteiger partial charge on any atom is -0.339 e. The monoisotopic (exact) mass is 343 g/mol. The van der Waals surface area contributed by atoms with Crippen LogP contribution in [0.25, 0.3) is 0 Å². The Morgan fingerprint density at radius 3 is 2.40 bits per heavy atom. The second kappa shape index (κ2) is 7.69. The van der Waals surface area contributed by atoms with Gasteiger partial charge in [0, 0.05) is 38.6 Å². The van der Waals surface area contributed by atoms with Gasteiger partial charge in [0.15, 0.2) is 0 Å². The molecule has 0 atom stereocenters. The minimum absolute atomic E-state index is 0.0753. The van der Waals surface area contributed by atoms with E-state index in [9.17, 15) is 14.0 Å². The smallest absolute Gasteiger partial charge is 0.233 e. The van der Waals surface area contributed by atoms with Crippen molar-refractivity contribution in [3.63, 3.8) is 0 Å². The fourth-order valence-corrected chi connectivity index (χ4v) is 2.62. The molecular formula is C17H18FN5O2. The van der Waals surface area contributed by atoms with Crippen LogP contribution >= 0.6 is 0 Å². The van der Waals surface area contributed by atoms with Crippen LogP contribution in [0, 0.1) is 5.82 Å². The Bertz CT molecular complexity index is 748. The molecule has 1 aliphatic rings. The maximum atomic E-state index is 13.5. The number of piperazine rings is 1. The highest BCUT2D eigenvalue weighted by atomic mass is 19.1. The molecule has 0 aliphatic carbocycles. The largest absolute Gasteiger partial charge is 0.339 e. The SMILES string of the molecule is O=C(CC(=O)N1CCN(c2ncccn2)CC1)Nc1ccccc1F. The van der Waals surface area contributed by atoms with Crippen LogP contribution in [-0.4, -0.2) is 52.9 Å². The lowest BCUT2D eigenvalue weighted by Gasteiger charge is -2.34. The van der Waals surface area contributed by atoms with Crippen LogP contribution in [0.15, 0.2) is 42.7 Å². The first kappa shape index (κ1) is 16.8. The van der Waals surface area contributed by atoms with E-state index in [0.29, 0.717) is 32.1 Å². The number of rotatable bonds is 4. The van der Waals surface area contributed by atoms with Gasteiger partial charge in [0.2, 0.25) is 17.8 Å². The van der Waals surface area contributed by atoms with Crippen molar-refractivity contribution >= 4 is 23.5 Å². The van der Waals surface area contributed by atoms with Crippen molar-refractivity contribution in [1.82, 2.24) is 14.9 Å². The average molecular weight is 343 g/mol. The molecule has 130 valence electrons. The van der Waals surface area contributed by atoms with Gasteiger partial charge in [-0.3, -0.25) is 9.59 Å². The lowest BCUT2D eigenvalue weighted by molar-refractivity contribution is -0.134. The number of nitrogens with zero attached hydrogens (tertiary/aromatic N) is 4. The highest BCUT2D eigenvalue weighted by Gasteiger charge is 2.24. The van der Waals surface area contributed by atoms with Crippen LogP contribution in [0.5, 0.6) is 0 Å². The van der Waals surface area contributed by atoms with E-state index in [-0.39, 0.29) is 18.0 Å². The van der Waals surface area contributed by atoms with E-state index in [4.69, 9.17) is 0 Å². The Morgan fingerprint density at radius 2 is 1.72 bits per heavy atom. The van der Waals surface area contributed by atoms with E-state index < -0.39 is 11.7 Å². The topological polar surface area (TPSA) is 78.4 Å². The van der Waals surface area contributed by atoms with Crippen molar-refractivity contribution in [3.8, 4) is 0 Å². The summed E-state index contributed by atoms with van der Waals surface area (Å²) in [5.41, 5.74) is 0.0753. The van der Waals surface area contributed by atoms with E-state index in [1.165, 1.54) is 18.2 Å². The van der Waals surface area contributed by atoms with Crippen molar-refractivity contribution in [2.24, 2.45) is 0 Å². The highest BCUT2D eigenvalue weighted by Crippen LogP contribution is 2.14. The molecule has 1 saturated heterocycles. The number of aromatic nitrogens is 2. The van der Waals surface area contributed by atoms with E-state index in [1.807, 2.05) is 4.90 Å². The van der Waals surface area contributed by atoms with Gasteiger partial charge in [0.1, 0.15) is 12.2 Å². The molecule has 0 spiro atoms. The Labute approximate surface area is 144 Å². The second-order valence-corrected chi connectivity index (χ2v) is 5.62. The number of hydrogen-bond donors (Lipinski definition) is 1. The third kappa shape index (κ3) is 4.28. The van der Waals surface area contributed by atoms with Gasteiger partial charge in [-0.1, -0.05) is 12.1 Å². The Morgan fingerprint density at radius 1 is 1.04 bits per heavy atom. The first-order chi connectivity index (χ1) is 12.1. The minimum atomic E-state index is -0.528. The molecule has 0 bridgehead atoms. The summed E-state index contributed by atoms with van der Waals surface area (Å²) in [7, 11) is 0. The van der Waals surface area contributed by atoms with E-state index in [0.717, 1.165) is 0 Å². The second-order valence-electron chi connectivity index (χ2n) is 5.62. The van der Waals surface area contributed by atoms with Gasteiger partial charge < -0.3 is 15.1 Å². The van der Waals surface area contributed by atoms with Crippen LogP contribution in [0.2, 0.25) is 0 Å². The molecule has 0 unspecified atom stereocenters. The summed E-state index contributed by atoms with van der Waals surface area (Å²) < 4.78 is 13.5. The maximum absolute atomic E-state index is 13.5. The van der Waals surface area contributed by atoms with Gasteiger partial charge in [0.05, 0.1) is 5.69 Å². The number of nitrogens with one attached hydrogen (secondary N) is 1. The molecule has 0 saturated carbocycles. The molecule has 1 aromatic heterocycles. The summed E-state index contributed by atoms with van der Waals surface area (Å²) in [5, 5.41) is 2.42. The standard InChI is InChI=1S/C17H18FN5O2/c18-13-4-1-2-5-14(13)21-15(24)12-16(25)22-8-10-23(11-9-22)17-19-6-3-7-20-17/h1-7H,8-12H2,(H,21,24). The summed E-state index contributed by atoms with van der Waals surface area (Å²) >= 11 is 0. The van der Waals surface area contributed by atoms with Crippen LogP contribution in [0.4, 0.5) is 16.0 Å². The number of carbonyl (C=O) groups is 2. The molecule has 25 heavy (non-hydrogen) atoms. The Hall–Kier alpha value is -3.03. The van der Waals surface area contributed by atoms with Crippen LogP contribution in [0.3, 0.4) is 0 Å². The number of amides is 2. The molecule has 2 amide bonds. The molecular weight excluding hydrogens is 325 g/mol. The molecule has 1 aromatic carbocycles. The van der Waals surface area contributed by atoms with Crippen molar-refractivity contribution in [1.29, 1.82) is 0 Å². The molecule has 2 heterocycles. The van der Waals surface area contributed by atoms with Gasteiger partial charge in [0.25, 0.3) is 0 Å². The molecule has 1 N–H and O–H groups in total. The first-order valence-electron chi connectivity index (χ1n) is 7.97. The number of anilines is 2. The zero-order valence-electron chi connectivity index (χ0n) is 13.6. The lowest BCUT2D eigenvalue weighted by atomic mass is 10.2. The van der Waals surface area contributed by atoms with Crippen molar-refractivity contribution < 1.29 is 14.0 Å². The molecule has 7 nitrogen and oxygen atoms in total. The zero-order valence-corrected chi connectivity index (χ0v) is 13.6. The zero-order chi connectivity index (χ0) is 17.6. The molecule has 8 heteroatoms. The summed E-state index contributed by atoms with van der Waals surface area (Å²) in [6.07, 6.45) is 3.04. The van der Waals surface area contributed by atoms with Crippen LogP contribution in [-0.2, 0) is 9.59 Å². The van der Waals surface area contributed by atoms with E-state index in [2.05, 4.69) is 15.3 Å². The van der Waals surface area contributed by atoms with Crippen molar-refractivity contribution in [3.05, 3.63) is 48.5 Å². The van der Waals surface area contributed by atoms with Gasteiger partial charge in [-0.25, -0.2) is 14.4 Å². The third-order valence-electron chi connectivity index (χ3n) is 3.93. The summed E-state index contributed by atoms with van der Waals surface area (Å²) in [6, 6.07) is 7.60. The average Bonchev–Trinajstić information content (AvgIpc) is 2.64. The number of halogens is 1. The normalized spacial score (nSPS) is 14.3. The fourth-order valence-electron chi connectivity index (χ4n) is 2.62. The number of para-hydroxylation sites is 1. The van der Waals surface area contributed by atoms with Crippen molar-refractivity contribution in [2.45, 2.75) is 6.42 Å². The van der Waals surface area contributed by atoms with Crippen LogP contribution in [0.1, 0.15) is 6.42 Å². The predicted molar refractivity (Wildman–Crippen MR) is 90.5 cm³/mol. The number of hydrogen-bond acceptors (Lipinski definition) is 5. The van der Waals surface area contributed by atoms with Gasteiger partial charge in [-0.15, -0.1) is 0 Å². The van der Waals surface area contributed by atoms with E-state index >= 15 is 0 Å². The van der Waals surface area contributed by atoms with Gasteiger partial charge >= 0.3 is 0 Å². The predicted octanol–water partition coefficient (Wildman–Crippen LogP) is 1.29. The maximum Gasteiger partial charge on any atom is 0.233 e. The highest BCUT2D eigenvalue weighted by molar-refractivity contribution is 6.03. The Kier molecular flexibility index (Phi) is 5.17. The Balaban J connectivity index is 1.49. The number of carbonyl (C=O) groups excluding carboxylic acids is 2. The first-order valence-corrected chi connectivity index (χ1v) is 7.97. The number of benzene rings is 1. The quantitative estimate of drug-likeness (QED) is 0.847. The molecule has 2 aromatic rings. The fraction of sp³-hybridized carbons (Fsp3) is 0.294. The summed E-state index contributed by atoms with van der Waals surface area (Å²) in [6.45, 7) is 2.18. The lowest BCUT2D eigenvalue weighted by Crippen LogP contribution is -2.49. The molecule has 1 aliphatic heterocycles. The van der Waals surface area contributed by atoms with Crippen molar-refractivity contribution in [2.75, 3.05) is 36.4 Å². The summed E-state index contributed by atoms with van der Waals surface area (Å²) in [5.74, 6) is -0.696. The van der Waals surface area contributed by atoms with E-state index in [1.54, 1.807) is 29.4 Å². The van der Waals surface area contributed by atoms with Gasteiger partial charge in [-0.05, 0) is 18.2 Å². The van der Waals surface area contributed by atoms with Gasteiger partial charge in [-0.2, -0.15) is 0 Å². The molecule has 3 rings (SSSR count). The third-order valence-corrected chi connectivity index (χ3v) is 3.93.